The van der Waals surface area contributed by atoms with Crippen LogP contribution in [-0.4, -0.2) is 40.2 Å². The molecule has 0 aliphatic heterocycles. The average molecular weight is 303 g/mol. The topological polar surface area (TPSA) is 93.4 Å². The molecule has 1 heterocycles. The summed E-state index contributed by atoms with van der Waals surface area (Å²) in [5.41, 5.74) is 1.81. The predicted molar refractivity (Wildman–Crippen MR) is 80.8 cm³/mol. The van der Waals surface area contributed by atoms with Gasteiger partial charge in [-0.15, -0.1) is 0 Å². The summed E-state index contributed by atoms with van der Waals surface area (Å²) in [5, 5.41) is 11.0. The first kappa shape index (κ1) is 15.6. The molecule has 22 heavy (non-hydrogen) atoms. The van der Waals surface area contributed by atoms with Crippen LogP contribution in [0.25, 0.3) is 11.0 Å². The lowest BCUT2D eigenvalue weighted by Gasteiger charge is -2.03. The molecule has 116 valence electrons. The Hall–Kier alpha value is -2.83. The summed E-state index contributed by atoms with van der Waals surface area (Å²) < 4.78 is 7.12. The Morgan fingerprint density at radius 1 is 1.41 bits per heavy atom. The number of benzene rings is 1. The van der Waals surface area contributed by atoms with E-state index in [1.165, 1.54) is 0 Å². The lowest BCUT2D eigenvalue weighted by molar-refractivity contribution is -0.131. The van der Waals surface area contributed by atoms with Crippen molar-refractivity contribution >= 4 is 22.9 Å². The van der Waals surface area contributed by atoms with Crippen molar-refractivity contribution in [2.75, 3.05) is 13.7 Å². The van der Waals surface area contributed by atoms with Gasteiger partial charge in [-0.1, -0.05) is 0 Å². The van der Waals surface area contributed by atoms with E-state index < -0.39 is 11.9 Å². The Morgan fingerprint density at radius 3 is 2.86 bits per heavy atom. The number of carboxylic acid groups (broad SMARTS) is 1. The molecule has 0 unspecified atom stereocenters. The van der Waals surface area contributed by atoms with Gasteiger partial charge in [0.15, 0.2) is 0 Å². The predicted octanol–water partition coefficient (Wildman–Crippen LogP) is 0.881. The number of aromatic nitrogens is 2. The lowest BCUT2D eigenvalue weighted by Crippen LogP contribution is -2.24. The van der Waals surface area contributed by atoms with Gasteiger partial charge in [-0.3, -0.25) is 4.79 Å². The van der Waals surface area contributed by atoms with Crippen LogP contribution in [0.4, 0.5) is 0 Å². The third kappa shape index (κ3) is 3.63. The van der Waals surface area contributed by atoms with Gasteiger partial charge in [0.05, 0.1) is 18.1 Å². The number of ether oxygens (including phenoxy) is 1. The highest BCUT2D eigenvalue weighted by Crippen LogP contribution is 2.20. The van der Waals surface area contributed by atoms with Crippen molar-refractivity contribution in [3.63, 3.8) is 0 Å². The van der Waals surface area contributed by atoms with Crippen LogP contribution >= 0.6 is 0 Å². The molecule has 0 saturated carbocycles. The minimum atomic E-state index is -1.15. The number of nitrogens with zero attached hydrogens (tertiary/aromatic N) is 2. The molecular weight excluding hydrogens is 286 g/mol. The molecule has 2 rings (SSSR count). The Labute approximate surface area is 127 Å². The third-order valence-electron chi connectivity index (χ3n) is 3.21. The van der Waals surface area contributed by atoms with E-state index in [1.54, 1.807) is 7.11 Å². The monoisotopic (exact) mass is 303 g/mol. The Morgan fingerprint density at radius 2 is 2.18 bits per heavy atom. The van der Waals surface area contributed by atoms with Crippen molar-refractivity contribution in [1.29, 1.82) is 0 Å². The van der Waals surface area contributed by atoms with E-state index in [1.807, 2.05) is 29.8 Å². The molecule has 0 fully saturated rings. The zero-order valence-corrected chi connectivity index (χ0v) is 12.4. The number of carboxylic acids is 1. The van der Waals surface area contributed by atoms with E-state index in [9.17, 15) is 9.59 Å². The highest BCUT2D eigenvalue weighted by atomic mass is 16.5. The fourth-order valence-electron chi connectivity index (χ4n) is 2.08. The second-order valence-electron chi connectivity index (χ2n) is 4.65. The molecular formula is C15H17N3O4. The van der Waals surface area contributed by atoms with Crippen molar-refractivity contribution in [2.45, 2.75) is 6.42 Å². The molecule has 0 aliphatic rings. The van der Waals surface area contributed by atoms with Crippen LogP contribution in [0.1, 0.15) is 5.82 Å². The van der Waals surface area contributed by atoms with Crippen LogP contribution in [0.2, 0.25) is 0 Å². The van der Waals surface area contributed by atoms with Gasteiger partial charge in [-0.05, 0) is 12.1 Å². The number of amides is 1. The summed E-state index contributed by atoms with van der Waals surface area (Å²) in [6.07, 6.45) is 2.33. The minimum absolute atomic E-state index is 0.372. The van der Waals surface area contributed by atoms with Gasteiger partial charge in [0.2, 0.25) is 5.91 Å². The van der Waals surface area contributed by atoms with E-state index in [-0.39, 0.29) is 0 Å². The van der Waals surface area contributed by atoms with Crippen molar-refractivity contribution < 1.29 is 19.4 Å². The maximum atomic E-state index is 11.4. The van der Waals surface area contributed by atoms with Crippen LogP contribution in [0.15, 0.2) is 30.4 Å². The molecule has 0 bridgehead atoms. The largest absolute Gasteiger partial charge is 0.497 e. The number of carbonyl (C=O) groups is 2. The fourth-order valence-corrected chi connectivity index (χ4v) is 2.08. The van der Waals surface area contributed by atoms with Crippen molar-refractivity contribution in [3.05, 3.63) is 36.2 Å². The highest BCUT2D eigenvalue weighted by Gasteiger charge is 2.08. The molecule has 0 spiro atoms. The van der Waals surface area contributed by atoms with E-state index in [4.69, 9.17) is 9.84 Å². The summed E-state index contributed by atoms with van der Waals surface area (Å²) in [7, 11) is 3.51. The molecule has 0 aliphatic carbocycles. The van der Waals surface area contributed by atoms with Crippen LogP contribution in [0.3, 0.4) is 0 Å². The molecule has 1 aromatic heterocycles. The molecule has 7 heteroatoms. The SMILES string of the molecule is COc1ccc2c(c1)nc(CCNC(=O)/C=C/C(=O)O)n2C. The highest BCUT2D eigenvalue weighted by molar-refractivity contribution is 5.93. The first-order valence-corrected chi connectivity index (χ1v) is 6.69. The Balaban J connectivity index is 2.01. The number of carbonyl (C=O) groups excluding carboxylic acids is 1. The van der Waals surface area contributed by atoms with Gasteiger partial charge in [0.1, 0.15) is 11.6 Å². The minimum Gasteiger partial charge on any atom is -0.497 e. The zero-order chi connectivity index (χ0) is 16.1. The Bertz CT molecular complexity index is 734. The van der Waals surface area contributed by atoms with Crippen LogP contribution in [-0.2, 0) is 23.1 Å². The number of fused-ring (bicyclic) bond motifs is 1. The number of rotatable bonds is 6. The van der Waals surface area contributed by atoms with E-state index in [2.05, 4.69) is 10.3 Å². The van der Waals surface area contributed by atoms with Crippen LogP contribution in [0.5, 0.6) is 5.75 Å². The summed E-state index contributed by atoms with van der Waals surface area (Å²) in [4.78, 5) is 26.2. The molecule has 0 atom stereocenters. The zero-order valence-electron chi connectivity index (χ0n) is 12.4. The summed E-state index contributed by atoms with van der Waals surface area (Å²) >= 11 is 0. The van der Waals surface area contributed by atoms with Gasteiger partial charge < -0.3 is 19.7 Å². The van der Waals surface area contributed by atoms with Crippen molar-refractivity contribution in [2.24, 2.45) is 7.05 Å². The number of methoxy groups -OCH3 is 1. The Kier molecular flexibility index (Phi) is 4.77. The first-order chi connectivity index (χ1) is 10.5. The maximum absolute atomic E-state index is 11.4. The fraction of sp³-hybridized carbons (Fsp3) is 0.267. The van der Waals surface area contributed by atoms with Gasteiger partial charge in [0.25, 0.3) is 0 Å². The number of nitrogens with one attached hydrogen (secondary N) is 1. The van der Waals surface area contributed by atoms with Gasteiger partial charge in [0, 0.05) is 38.2 Å². The summed E-state index contributed by atoms with van der Waals surface area (Å²) in [5.74, 6) is -0.0303. The van der Waals surface area contributed by atoms with E-state index >= 15 is 0 Å². The standard InChI is InChI=1S/C15H17N3O4/c1-18-12-4-3-10(22-2)9-11(12)17-13(18)7-8-16-14(19)5-6-15(20)21/h3-6,9H,7-8H2,1-2H3,(H,16,19)(H,20,21)/b6-5+. The van der Waals surface area contributed by atoms with Crippen LogP contribution < -0.4 is 10.1 Å². The third-order valence-corrected chi connectivity index (χ3v) is 3.21. The number of hydrogen-bond acceptors (Lipinski definition) is 4. The van der Waals surface area contributed by atoms with E-state index in [0.29, 0.717) is 13.0 Å². The molecule has 7 nitrogen and oxygen atoms in total. The molecule has 2 aromatic rings. The summed E-state index contributed by atoms with van der Waals surface area (Å²) in [6.45, 7) is 0.372. The van der Waals surface area contributed by atoms with E-state index in [0.717, 1.165) is 34.8 Å². The first-order valence-electron chi connectivity index (χ1n) is 6.69. The van der Waals surface area contributed by atoms with Gasteiger partial charge >= 0.3 is 5.97 Å². The molecule has 1 aromatic carbocycles. The normalized spacial score (nSPS) is 11.0. The van der Waals surface area contributed by atoms with Gasteiger partial charge in [-0.2, -0.15) is 0 Å². The number of aliphatic carboxylic acids is 1. The number of aryl methyl sites for hydroxylation is 1. The smallest absolute Gasteiger partial charge is 0.328 e. The average Bonchev–Trinajstić information content (AvgIpc) is 2.81. The molecule has 0 radical (unpaired) electrons. The van der Waals surface area contributed by atoms with Crippen molar-refractivity contribution in [3.8, 4) is 5.75 Å². The second kappa shape index (κ2) is 6.75. The summed E-state index contributed by atoms with van der Waals surface area (Å²) in [6, 6.07) is 5.65. The van der Waals surface area contributed by atoms with Crippen LogP contribution in [0, 0.1) is 0 Å². The number of hydrogen-bond donors (Lipinski definition) is 2. The lowest BCUT2D eigenvalue weighted by atomic mass is 10.3. The van der Waals surface area contributed by atoms with Gasteiger partial charge in [-0.25, -0.2) is 9.78 Å². The van der Waals surface area contributed by atoms with Crippen molar-refractivity contribution in [1.82, 2.24) is 14.9 Å². The second-order valence-corrected chi connectivity index (χ2v) is 4.65. The maximum Gasteiger partial charge on any atom is 0.328 e. The quantitative estimate of drug-likeness (QED) is 0.773. The molecule has 1 amide bonds. The molecule has 0 saturated heterocycles. The number of imidazole rings is 1. The molecule has 2 N–H and O–H groups in total.